The first-order valence-electron chi connectivity index (χ1n) is 9.68. The van der Waals surface area contributed by atoms with E-state index in [0.29, 0.717) is 11.3 Å². The highest BCUT2D eigenvalue weighted by molar-refractivity contribution is 8.16. The fourth-order valence-electron chi connectivity index (χ4n) is 3.49. The molecule has 0 spiro atoms. The first-order valence-corrected chi connectivity index (χ1v) is 10.6. The van der Waals surface area contributed by atoms with Gasteiger partial charge in [0.15, 0.2) is 0 Å². The van der Waals surface area contributed by atoms with E-state index < -0.39 is 16.8 Å². The summed E-state index contributed by atoms with van der Waals surface area (Å²) in [5.41, 5.74) is 0.807. The van der Waals surface area contributed by atoms with Crippen molar-refractivity contribution in [3.63, 3.8) is 0 Å². The van der Waals surface area contributed by atoms with Crippen molar-refractivity contribution in [1.29, 1.82) is 0 Å². The lowest BCUT2D eigenvalue weighted by molar-refractivity contribution is -0.121. The molecule has 3 aromatic carbocycles. The lowest BCUT2D eigenvalue weighted by Crippen LogP contribution is -2.21. The van der Waals surface area contributed by atoms with Gasteiger partial charge < -0.3 is 9.73 Å². The average molecular weight is 428 g/mol. The summed E-state index contributed by atoms with van der Waals surface area (Å²) in [4.78, 5) is 41.3. The van der Waals surface area contributed by atoms with Gasteiger partial charge in [-0.25, -0.2) is 9.79 Å². The third-order valence-corrected chi connectivity index (χ3v) is 6.20. The topological polar surface area (TPSA) is 88.7 Å². The Bertz CT molecular complexity index is 1440. The van der Waals surface area contributed by atoms with E-state index in [2.05, 4.69) is 10.3 Å². The number of aliphatic imine (C=N–C) groups is 1. The van der Waals surface area contributed by atoms with E-state index in [1.807, 2.05) is 54.6 Å². The number of carbonyl (C=O) groups excluding carboxylic acids is 2. The van der Waals surface area contributed by atoms with Gasteiger partial charge in [0.25, 0.3) is 5.91 Å². The molecule has 1 aliphatic heterocycles. The molecule has 0 bridgehead atoms. The summed E-state index contributed by atoms with van der Waals surface area (Å²) in [6.45, 7) is 0. The number of anilines is 1. The molecule has 1 atom stereocenters. The van der Waals surface area contributed by atoms with Crippen LogP contribution in [-0.2, 0) is 9.59 Å². The van der Waals surface area contributed by atoms with Crippen molar-refractivity contribution in [2.75, 3.05) is 5.32 Å². The van der Waals surface area contributed by atoms with Crippen LogP contribution in [0.25, 0.3) is 21.7 Å². The maximum absolute atomic E-state index is 12.5. The minimum absolute atomic E-state index is 0.0394. The molecule has 4 aromatic rings. The second-order valence-electron chi connectivity index (χ2n) is 7.16. The quantitative estimate of drug-likeness (QED) is 0.488. The number of hydrogen-bond donors (Lipinski definition) is 1. The summed E-state index contributed by atoms with van der Waals surface area (Å²) in [5, 5.41) is 5.28. The van der Waals surface area contributed by atoms with Gasteiger partial charge in [-0.1, -0.05) is 60.3 Å². The lowest BCUT2D eigenvalue weighted by atomic mass is 10.1. The molecule has 0 aliphatic carbocycles. The Morgan fingerprint density at radius 1 is 0.935 bits per heavy atom. The van der Waals surface area contributed by atoms with Crippen LogP contribution in [0.15, 0.2) is 87.0 Å². The number of benzene rings is 3. The molecule has 6 nitrogen and oxygen atoms in total. The highest BCUT2D eigenvalue weighted by Crippen LogP contribution is 2.29. The maximum atomic E-state index is 12.5. The van der Waals surface area contributed by atoms with Gasteiger partial charge in [-0.05, 0) is 35.0 Å². The predicted octanol–water partition coefficient (Wildman–Crippen LogP) is 4.36. The van der Waals surface area contributed by atoms with E-state index in [1.165, 1.54) is 0 Å². The predicted molar refractivity (Wildman–Crippen MR) is 123 cm³/mol. The Morgan fingerprint density at radius 3 is 2.52 bits per heavy atom. The number of nitrogens with zero attached hydrogens (tertiary/aromatic N) is 1. The van der Waals surface area contributed by atoms with Crippen LogP contribution >= 0.6 is 11.8 Å². The van der Waals surface area contributed by atoms with Crippen LogP contribution in [-0.4, -0.2) is 22.1 Å². The van der Waals surface area contributed by atoms with Gasteiger partial charge in [-0.2, -0.15) is 0 Å². The minimum Gasteiger partial charge on any atom is -0.422 e. The third kappa shape index (κ3) is 3.87. The van der Waals surface area contributed by atoms with Crippen molar-refractivity contribution < 1.29 is 14.0 Å². The van der Waals surface area contributed by atoms with Gasteiger partial charge in [-0.15, -0.1) is 0 Å². The van der Waals surface area contributed by atoms with Crippen LogP contribution < -0.4 is 10.9 Å². The third-order valence-electron chi connectivity index (χ3n) is 5.02. The molecule has 1 aromatic heterocycles. The molecular formula is C24H16N2O4S. The fraction of sp³-hybridized carbons (Fsp3) is 0.0833. The molecule has 1 aliphatic rings. The Morgan fingerprint density at radius 2 is 1.68 bits per heavy atom. The van der Waals surface area contributed by atoms with E-state index in [9.17, 15) is 14.4 Å². The van der Waals surface area contributed by atoms with Crippen molar-refractivity contribution in [3.05, 3.63) is 88.8 Å². The number of thioether (sulfide) groups is 1. The van der Waals surface area contributed by atoms with E-state index in [4.69, 9.17) is 4.42 Å². The second kappa shape index (κ2) is 7.85. The second-order valence-corrected chi connectivity index (χ2v) is 8.35. The van der Waals surface area contributed by atoms with Crippen LogP contribution in [0.3, 0.4) is 0 Å². The molecular weight excluding hydrogens is 412 g/mol. The summed E-state index contributed by atoms with van der Waals surface area (Å²) in [6.07, 6.45) is -0.0394. The summed E-state index contributed by atoms with van der Waals surface area (Å²) >= 11 is 1.12. The molecule has 152 valence electrons. The van der Waals surface area contributed by atoms with E-state index >= 15 is 0 Å². The molecule has 0 unspecified atom stereocenters. The largest absolute Gasteiger partial charge is 0.422 e. The monoisotopic (exact) mass is 428 g/mol. The molecule has 1 N–H and O–H groups in total. The molecule has 0 fully saturated rings. The normalized spacial score (nSPS) is 15.9. The summed E-state index contributed by atoms with van der Waals surface area (Å²) in [5.74, 6) is -0.718. The van der Waals surface area contributed by atoms with Gasteiger partial charge in [-0.3, -0.25) is 9.59 Å². The maximum Gasteiger partial charge on any atom is 0.346 e. The van der Waals surface area contributed by atoms with Gasteiger partial charge in [0, 0.05) is 17.5 Å². The minimum atomic E-state index is -0.679. The number of nitrogens with one attached hydrogen (secondary N) is 1. The van der Waals surface area contributed by atoms with Crippen molar-refractivity contribution in [1.82, 2.24) is 0 Å². The number of para-hydroxylation sites is 1. The van der Waals surface area contributed by atoms with Gasteiger partial charge in [0.05, 0.1) is 5.56 Å². The van der Waals surface area contributed by atoms with Crippen LogP contribution in [0, 0.1) is 0 Å². The Kier molecular flexibility index (Phi) is 4.88. The van der Waals surface area contributed by atoms with Gasteiger partial charge in [0.1, 0.15) is 15.9 Å². The van der Waals surface area contributed by atoms with Crippen molar-refractivity contribution in [2.24, 2.45) is 4.99 Å². The number of hydrogen-bond acceptors (Lipinski definition) is 5. The van der Waals surface area contributed by atoms with Crippen molar-refractivity contribution in [3.8, 4) is 0 Å². The lowest BCUT2D eigenvalue weighted by Gasteiger charge is -2.09. The SMILES string of the molecule is O=C(C[C@H]1SC(c2cc3ccccc3oc2=O)=NC1=O)Nc1ccc2ccccc2c1. The summed E-state index contributed by atoms with van der Waals surface area (Å²) < 4.78 is 5.33. The zero-order valence-electron chi connectivity index (χ0n) is 16.2. The molecule has 0 saturated heterocycles. The summed E-state index contributed by atoms with van der Waals surface area (Å²) in [7, 11) is 0. The number of carbonyl (C=O) groups is 2. The van der Waals surface area contributed by atoms with Crippen LogP contribution in [0.1, 0.15) is 12.0 Å². The first kappa shape index (κ1) is 19.3. The Labute approximate surface area is 181 Å². The molecule has 5 rings (SSSR count). The molecule has 2 amide bonds. The zero-order chi connectivity index (χ0) is 21.4. The molecule has 31 heavy (non-hydrogen) atoms. The molecule has 2 heterocycles. The number of amides is 2. The highest BCUT2D eigenvalue weighted by atomic mass is 32.2. The average Bonchev–Trinajstić information content (AvgIpc) is 3.12. The molecule has 0 saturated carbocycles. The van der Waals surface area contributed by atoms with E-state index in [-0.39, 0.29) is 22.9 Å². The zero-order valence-corrected chi connectivity index (χ0v) is 17.0. The Hall–Kier alpha value is -3.71. The van der Waals surface area contributed by atoms with E-state index in [1.54, 1.807) is 18.2 Å². The van der Waals surface area contributed by atoms with Gasteiger partial charge >= 0.3 is 5.63 Å². The van der Waals surface area contributed by atoms with Crippen LogP contribution in [0.4, 0.5) is 5.69 Å². The van der Waals surface area contributed by atoms with Crippen LogP contribution in [0.5, 0.6) is 0 Å². The van der Waals surface area contributed by atoms with E-state index in [0.717, 1.165) is 27.9 Å². The Balaban J connectivity index is 1.30. The smallest absolute Gasteiger partial charge is 0.346 e. The van der Waals surface area contributed by atoms with Crippen molar-refractivity contribution >= 4 is 56.0 Å². The number of rotatable bonds is 4. The van der Waals surface area contributed by atoms with Crippen LogP contribution in [0.2, 0.25) is 0 Å². The van der Waals surface area contributed by atoms with Crippen molar-refractivity contribution in [2.45, 2.75) is 11.7 Å². The fourth-order valence-corrected chi connectivity index (χ4v) is 4.56. The molecule has 7 heteroatoms. The summed E-state index contributed by atoms with van der Waals surface area (Å²) in [6, 6.07) is 22.3. The van der Waals surface area contributed by atoms with Gasteiger partial charge in [0.2, 0.25) is 5.91 Å². The molecule has 0 radical (unpaired) electrons. The standard InChI is InChI=1S/C24H16N2O4S/c27-21(25-17-10-9-14-5-1-2-6-15(14)11-17)13-20-22(28)26-23(31-20)18-12-16-7-3-4-8-19(16)30-24(18)29/h1-12,20H,13H2,(H,25,27)/t20-/m1/s1. The first-order chi connectivity index (χ1) is 15.1. The highest BCUT2D eigenvalue weighted by Gasteiger charge is 2.32. The number of fused-ring (bicyclic) bond motifs is 2.